The molecular weight excluding hydrogens is 304 g/mol. The first kappa shape index (κ1) is 13.7. The highest BCUT2D eigenvalue weighted by atomic mass is 79.9. The van der Waals surface area contributed by atoms with Gasteiger partial charge in [-0.25, -0.2) is 0 Å². The van der Waals surface area contributed by atoms with Gasteiger partial charge in [-0.05, 0) is 35.9 Å². The van der Waals surface area contributed by atoms with Crippen LogP contribution in [-0.2, 0) is 6.54 Å². The lowest BCUT2D eigenvalue weighted by Crippen LogP contribution is -2.17. The van der Waals surface area contributed by atoms with Crippen LogP contribution in [0.3, 0.4) is 0 Å². The number of halogens is 1. The zero-order valence-corrected chi connectivity index (χ0v) is 12.6. The number of hydrogen-bond acceptors (Lipinski definition) is 3. The summed E-state index contributed by atoms with van der Waals surface area (Å²) in [6, 6.07) is 14.0. The van der Waals surface area contributed by atoms with Crippen LogP contribution in [0, 0.1) is 0 Å². The number of benzene rings is 2. The smallest absolute Gasteiger partial charge is 0.119 e. The molecule has 0 saturated heterocycles. The summed E-state index contributed by atoms with van der Waals surface area (Å²) < 4.78 is 6.22. The predicted octanol–water partition coefficient (Wildman–Crippen LogP) is 3.68. The third-order valence-electron chi connectivity index (χ3n) is 2.95. The Kier molecular flexibility index (Phi) is 4.32. The molecule has 0 atom stereocenters. The average Bonchev–Trinajstić information content (AvgIpc) is 2.38. The molecule has 2 N–H and O–H groups in total. The Labute approximate surface area is 122 Å². The highest BCUT2D eigenvalue weighted by Crippen LogP contribution is 2.27. The molecule has 3 nitrogen and oxygen atoms in total. The van der Waals surface area contributed by atoms with Crippen LogP contribution in [0.2, 0.25) is 0 Å². The van der Waals surface area contributed by atoms with Crippen LogP contribution >= 0.6 is 15.9 Å². The molecule has 2 aromatic rings. The van der Waals surface area contributed by atoms with E-state index >= 15 is 0 Å². The average molecular weight is 321 g/mol. The topological polar surface area (TPSA) is 38.5 Å². The Morgan fingerprint density at radius 1 is 1.21 bits per heavy atom. The summed E-state index contributed by atoms with van der Waals surface area (Å²) >= 11 is 3.42. The van der Waals surface area contributed by atoms with Gasteiger partial charge in [0.1, 0.15) is 5.75 Å². The van der Waals surface area contributed by atoms with Crippen molar-refractivity contribution in [3.8, 4) is 5.75 Å². The van der Waals surface area contributed by atoms with Crippen molar-refractivity contribution < 1.29 is 4.74 Å². The molecule has 0 aliphatic carbocycles. The lowest BCUT2D eigenvalue weighted by atomic mass is 10.2. The van der Waals surface area contributed by atoms with Gasteiger partial charge in [-0.1, -0.05) is 28.1 Å². The summed E-state index contributed by atoms with van der Waals surface area (Å²) in [7, 11) is 3.70. The van der Waals surface area contributed by atoms with E-state index in [9.17, 15) is 0 Å². The molecule has 4 heteroatoms. The first-order valence-electron chi connectivity index (χ1n) is 5.99. The lowest BCUT2D eigenvalue weighted by Gasteiger charge is -2.21. The number of nitrogens with two attached hydrogens (primary N) is 1. The number of nitrogen functional groups attached to an aromatic ring is 1. The monoisotopic (exact) mass is 320 g/mol. The fourth-order valence-electron chi connectivity index (χ4n) is 2.00. The van der Waals surface area contributed by atoms with Gasteiger partial charge in [0.15, 0.2) is 0 Å². The number of rotatable bonds is 4. The van der Waals surface area contributed by atoms with Gasteiger partial charge in [0, 0.05) is 18.1 Å². The molecule has 0 unspecified atom stereocenters. The summed E-state index contributed by atoms with van der Waals surface area (Å²) in [5.41, 5.74) is 9.00. The Morgan fingerprint density at radius 2 is 2.00 bits per heavy atom. The van der Waals surface area contributed by atoms with E-state index in [1.54, 1.807) is 7.11 Å². The standard InChI is InChI=1S/C15H17BrN2O/c1-18(15-7-6-12(16)9-14(15)17)10-11-4-3-5-13(8-11)19-2/h3-9H,10,17H2,1-2H3. The van der Waals surface area contributed by atoms with Crippen molar-refractivity contribution in [2.75, 3.05) is 24.8 Å². The fraction of sp³-hybridized carbons (Fsp3) is 0.200. The minimum Gasteiger partial charge on any atom is -0.497 e. The number of nitrogens with zero attached hydrogens (tertiary/aromatic N) is 1. The molecule has 2 rings (SSSR count). The van der Waals surface area contributed by atoms with Crippen molar-refractivity contribution in [1.82, 2.24) is 0 Å². The van der Waals surface area contributed by atoms with Crippen LogP contribution in [0.1, 0.15) is 5.56 Å². The second-order valence-electron chi connectivity index (χ2n) is 4.41. The first-order valence-corrected chi connectivity index (χ1v) is 6.78. The minimum absolute atomic E-state index is 0.764. The van der Waals surface area contributed by atoms with Gasteiger partial charge in [-0.3, -0.25) is 0 Å². The maximum atomic E-state index is 6.04. The van der Waals surface area contributed by atoms with Crippen LogP contribution in [0.15, 0.2) is 46.9 Å². The van der Waals surface area contributed by atoms with E-state index in [0.717, 1.165) is 28.1 Å². The van der Waals surface area contributed by atoms with Crippen molar-refractivity contribution >= 4 is 27.3 Å². The minimum atomic E-state index is 0.764. The summed E-state index contributed by atoms with van der Waals surface area (Å²) in [5.74, 6) is 0.870. The number of hydrogen-bond donors (Lipinski definition) is 1. The molecule has 0 aliphatic heterocycles. The van der Waals surface area contributed by atoms with E-state index in [-0.39, 0.29) is 0 Å². The maximum absolute atomic E-state index is 6.04. The van der Waals surface area contributed by atoms with Crippen LogP contribution in [0.4, 0.5) is 11.4 Å². The Balaban J connectivity index is 2.17. The third kappa shape index (κ3) is 3.41. The second kappa shape index (κ2) is 5.97. The molecule has 0 aromatic heterocycles. The largest absolute Gasteiger partial charge is 0.497 e. The molecule has 0 bridgehead atoms. The second-order valence-corrected chi connectivity index (χ2v) is 5.33. The first-order chi connectivity index (χ1) is 9.10. The SMILES string of the molecule is COc1cccc(CN(C)c2ccc(Br)cc2N)c1. The van der Waals surface area contributed by atoms with Crippen LogP contribution in [-0.4, -0.2) is 14.2 Å². The predicted molar refractivity (Wildman–Crippen MR) is 83.7 cm³/mol. The van der Waals surface area contributed by atoms with E-state index in [0.29, 0.717) is 0 Å². The molecule has 0 fully saturated rings. The molecule has 19 heavy (non-hydrogen) atoms. The van der Waals surface area contributed by atoms with Crippen LogP contribution in [0.25, 0.3) is 0 Å². The van der Waals surface area contributed by atoms with Gasteiger partial charge < -0.3 is 15.4 Å². The van der Waals surface area contributed by atoms with Crippen LogP contribution < -0.4 is 15.4 Å². The van der Waals surface area contributed by atoms with E-state index in [2.05, 4.69) is 26.9 Å². The molecule has 0 spiro atoms. The van der Waals surface area contributed by atoms with Gasteiger partial charge >= 0.3 is 0 Å². The molecule has 0 heterocycles. The number of ether oxygens (including phenoxy) is 1. The number of methoxy groups -OCH3 is 1. The molecule has 100 valence electrons. The summed E-state index contributed by atoms with van der Waals surface area (Å²) in [6.07, 6.45) is 0. The van der Waals surface area contributed by atoms with Crippen molar-refractivity contribution in [2.24, 2.45) is 0 Å². The molecular formula is C15H17BrN2O. The third-order valence-corrected chi connectivity index (χ3v) is 3.45. The lowest BCUT2D eigenvalue weighted by molar-refractivity contribution is 0.414. The van der Waals surface area contributed by atoms with Crippen molar-refractivity contribution in [1.29, 1.82) is 0 Å². The zero-order chi connectivity index (χ0) is 13.8. The Hall–Kier alpha value is -1.68. The summed E-state index contributed by atoms with van der Waals surface area (Å²) in [6.45, 7) is 0.781. The van der Waals surface area contributed by atoms with Crippen LogP contribution in [0.5, 0.6) is 5.75 Å². The fourth-order valence-corrected chi connectivity index (χ4v) is 2.38. The summed E-state index contributed by atoms with van der Waals surface area (Å²) in [4.78, 5) is 2.12. The normalized spacial score (nSPS) is 10.3. The molecule has 0 radical (unpaired) electrons. The van der Waals surface area contributed by atoms with E-state index in [4.69, 9.17) is 10.5 Å². The maximum Gasteiger partial charge on any atom is 0.119 e. The van der Waals surface area contributed by atoms with Crippen molar-refractivity contribution in [3.63, 3.8) is 0 Å². The van der Waals surface area contributed by atoms with Gasteiger partial charge in [0.25, 0.3) is 0 Å². The molecule has 2 aromatic carbocycles. The van der Waals surface area contributed by atoms with Gasteiger partial charge in [0.05, 0.1) is 18.5 Å². The van der Waals surface area contributed by atoms with Gasteiger partial charge in [-0.15, -0.1) is 0 Å². The van der Waals surface area contributed by atoms with E-state index in [1.807, 2.05) is 43.4 Å². The summed E-state index contributed by atoms with van der Waals surface area (Å²) in [5, 5.41) is 0. The van der Waals surface area contributed by atoms with Crippen molar-refractivity contribution in [2.45, 2.75) is 6.54 Å². The van der Waals surface area contributed by atoms with Gasteiger partial charge in [0.2, 0.25) is 0 Å². The molecule has 0 saturated carbocycles. The molecule has 0 aliphatic rings. The molecule has 0 amide bonds. The zero-order valence-electron chi connectivity index (χ0n) is 11.1. The Morgan fingerprint density at radius 3 is 2.68 bits per heavy atom. The highest BCUT2D eigenvalue weighted by molar-refractivity contribution is 9.10. The number of anilines is 2. The quantitative estimate of drug-likeness (QED) is 0.873. The highest BCUT2D eigenvalue weighted by Gasteiger charge is 2.07. The van der Waals surface area contributed by atoms with E-state index < -0.39 is 0 Å². The van der Waals surface area contributed by atoms with E-state index in [1.165, 1.54) is 5.56 Å². The Bertz CT molecular complexity index is 572. The van der Waals surface area contributed by atoms with Gasteiger partial charge in [-0.2, -0.15) is 0 Å². The van der Waals surface area contributed by atoms with Crippen molar-refractivity contribution in [3.05, 3.63) is 52.5 Å².